The number of hydrogen-bond donors (Lipinski definition) is 1. The van der Waals surface area contributed by atoms with Crippen molar-refractivity contribution in [2.75, 3.05) is 6.26 Å². The summed E-state index contributed by atoms with van der Waals surface area (Å²) in [6.07, 6.45) is -10.4. The van der Waals surface area contributed by atoms with E-state index in [1.165, 1.54) is 48.5 Å². The van der Waals surface area contributed by atoms with Gasteiger partial charge in [0, 0.05) is 15.6 Å². The molecule has 0 unspecified atom stereocenters. The van der Waals surface area contributed by atoms with Gasteiger partial charge in [0.25, 0.3) is 0 Å². The summed E-state index contributed by atoms with van der Waals surface area (Å²) >= 11 is 11.4. The molecule has 0 atom stereocenters. The molecule has 0 bridgehead atoms. The van der Waals surface area contributed by atoms with Crippen LogP contribution in [0, 0.1) is 0 Å². The largest absolute Gasteiger partial charge is 0.417 e. The molecule has 30 heavy (non-hydrogen) atoms. The van der Waals surface area contributed by atoms with Crippen molar-refractivity contribution in [3.63, 3.8) is 0 Å². The molecule has 1 heterocycles. The van der Waals surface area contributed by atoms with Crippen LogP contribution in [0.1, 0.15) is 5.69 Å². The number of nitrogens with one attached hydrogen (secondary N) is 1. The van der Waals surface area contributed by atoms with E-state index in [-0.39, 0.29) is 23.0 Å². The molecule has 0 aliphatic heterocycles. The zero-order chi connectivity index (χ0) is 22.3. The number of alkyl halides is 6. The minimum Gasteiger partial charge on any atom is -0.356 e. The first-order valence-electron chi connectivity index (χ1n) is 8.34. The van der Waals surface area contributed by atoms with Crippen LogP contribution in [0.25, 0.3) is 22.4 Å². The minimum absolute atomic E-state index is 0.107. The summed E-state index contributed by atoms with van der Waals surface area (Å²) in [5, 5.41) is 0.759. The zero-order valence-corrected chi connectivity index (χ0v) is 17.5. The Hall–Kier alpha value is -1.77. The smallest absolute Gasteiger partial charge is 0.356 e. The number of H-pyrrole nitrogens is 1. The van der Waals surface area contributed by atoms with E-state index >= 15 is 0 Å². The molecule has 0 saturated carbocycles. The Morgan fingerprint density at radius 1 is 0.733 bits per heavy atom. The highest BCUT2D eigenvalue weighted by Crippen LogP contribution is 2.58. The molecule has 0 radical (unpaired) electrons. The Morgan fingerprint density at radius 3 is 1.57 bits per heavy atom. The van der Waals surface area contributed by atoms with Crippen LogP contribution in [0.5, 0.6) is 0 Å². The summed E-state index contributed by atoms with van der Waals surface area (Å²) in [7, 11) is 0. The van der Waals surface area contributed by atoms with E-state index in [0.29, 0.717) is 21.2 Å². The van der Waals surface area contributed by atoms with Crippen LogP contribution < -0.4 is 0 Å². The molecule has 1 nitrogen and oxygen atoms in total. The van der Waals surface area contributed by atoms with E-state index in [0.717, 1.165) is 12.3 Å². The van der Waals surface area contributed by atoms with Crippen LogP contribution in [0.4, 0.5) is 26.3 Å². The van der Waals surface area contributed by atoms with E-state index in [1.54, 1.807) is 0 Å². The van der Waals surface area contributed by atoms with Gasteiger partial charge in [0.1, 0.15) is 0 Å². The number of aromatic amines is 1. The number of aromatic nitrogens is 1. The lowest BCUT2D eigenvalue weighted by Gasteiger charge is -2.35. The van der Waals surface area contributed by atoms with Crippen molar-refractivity contribution in [1.29, 1.82) is 0 Å². The predicted octanol–water partition coefficient (Wildman–Crippen LogP) is 8.34. The maximum absolute atomic E-state index is 13.8. The van der Waals surface area contributed by atoms with Crippen LogP contribution >= 0.6 is 35.0 Å². The monoisotopic (exact) mass is 483 g/mol. The lowest BCUT2D eigenvalue weighted by Crippen LogP contribution is -2.51. The second kappa shape index (κ2) is 8.05. The molecule has 2 aromatic carbocycles. The van der Waals surface area contributed by atoms with E-state index in [9.17, 15) is 26.3 Å². The van der Waals surface area contributed by atoms with Crippen LogP contribution in [-0.4, -0.2) is 23.6 Å². The van der Waals surface area contributed by atoms with Crippen LogP contribution in [-0.2, 0) is 4.75 Å². The molecule has 1 N–H and O–H groups in total. The van der Waals surface area contributed by atoms with Gasteiger partial charge in [-0.05, 0) is 47.7 Å². The average molecular weight is 484 g/mol. The van der Waals surface area contributed by atoms with Crippen LogP contribution in [0.15, 0.2) is 54.6 Å². The quantitative estimate of drug-likeness (QED) is 0.368. The third-order valence-corrected chi connectivity index (χ3v) is 6.39. The number of hydrogen-bond acceptors (Lipinski definition) is 1. The molecule has 0 amide bonds. The van der Waals surface area contributed by atoms with Crippen LogP contribution in [0.2, 0.25) is 10.0 Å². The van der Waals surface area contributed by atoms with Crippen LogP contribution in [0.3, 0.4) is 0 Å². The fraction of sp³-hybridized carbons (Fsp3) is 0.200. The topological polar surface area (TPSA) is 15.8 Å². The van der Waals surface area contributed by atoms with Gasteiger partial charge in [0.05, 0.1) is 11.4 Å². The average Bonchev–Trinajstić information content (AvgIpc) is 3.06. The Bertz CT molecular complexity index is 946. The van der Waals surface area contributed by atoms with Gasteiger partial charge in [-0.2, -0.15) is 26.3 Å². The van der Waals surface area contributed by atoms with Gasteiger partial charge < -0.3 is 4.98 Å². The van der Waals surface area contributed by atoms with E-state index in [1.807, 2.05) is 0 Å². The van der Waals surface area contributed by atoms with Crippen molar-refractivity contribution in [3.8, 4) is 22.4 Å². The van der Waals surface area contributed by atoms with Gasteiger partial charge in [-0.1, -0.05) is 47.5 Å². The highest BCUT2D eigenvalue weighted by molar-refractivity contribution is 7.99. The van der Waals surface area contributed by atoms with E-state index in [2.05, 4.69) is 4.98 Å². The lowest BCUT2D eigenvalue weighted by atomic mass is 9.99. The molecule has 0 fully saturated rings. The van der Waals surface area contributed by atoms with Crippen molar-refractivity contribution < 1.29 is 26.3 Å². The van der Waals surface area contributed by atoms with E-state index in [4.69, 9.17) is 23.2 Å². The highest BCUT2D eigenvalue weighted by atomic mass is 35.5. The van der Waals surface area contributed by atoms with Crippen molar-refractivity contribution in [1.82, 2.24) is 4.98 Å². The first-order valence-corrected chi connectivity index (χ1v) is 10.3. The summed E-state index contributed by atoms with van der Waals surface area (Å²) < 4.78 is 78.8. The summed E-state index contributed by atoms with van der Waals surface area (Å²) in [5.41, 5.74) is 0.0675. The number of benzene rings is 2. The normalized spacial score (nSPS) is 13.0. The minimum atomic E-state index is -5.59. The Labute approximate surface area is 182 Å². The first-order chi connectivity index (χ1) is 13.9. The summed E-state index contributed by atoms with van der Waals surface area (Å²) in [4.78, 5) is 2.40. The fourth-order valence-electron chi connectivity index (χ4n) is 3.15. The number of rotatable bonds is 4. The second-order valence-electron chi connectivity index (χ2n) is 6.37. The molecular weight excluding hydrogens is 471 g/mol. The molecule has 160 valence electrons. The van der Waals surface area contributed by atoms with Crippen molar-refractivity contribution in [2.45, 2.75) is 17.1 Å². The molecule has 10 heteroatoms. The Balaban J connectivity index is 2.33. The standard InChI is InChI=1S/C20H13Cl2F6NS/c1-30-18(19(23,24)25,20(26,27)28)16-10-15(11-2-6-13(21)7-3-11)17(29-16)12-4-8-14(22)9-5-12/h2-10,29H,1H3. The first kappa shape index (κ1) is 22.9. The molecule has 0 aliphatic carbocycles. The third-order valence-electron chi connectivity index (χ3n) is 4.59. The van der Waals surface area contributed by atoms with Crippen molar-refractivity contribution >= 4 is 35.0 Å². The van der Waals surface area contributed by atoms with Crippen molar-refractivity contribution in [2.24, 2.45) is 0 Å². The Morgan fingerprint density at radius 2 is 1.17 bits per heavy atom. The maximum atomic E-state index is 13.8. The van der Waals surface area contributed by atoms with Gasteiger partial charge in [0.2, 0.25) is 4.75 Å². The molecule has 0 spiro atoms. The Kier molecular flexibility index (Phi) is 6.15. The van der Waals surface area contributed by atoms with Gasteiger partial charge in [0.15, 0.2) is 0 Å². The van der Waals surface area contributed by atoms with Gasteiger partial charge >= 0.3 is 12.4 Å². The number of halogens is 8. The lowest BCUT2D eigenvalue weighted by molar-refractivity contribution is -0.269. The maximum Gasteiger partial charge on any atom is 0.417 e. The molecule has 3 aromatic rings. The summed E-state index contributed by atoms with van der Waals surface area (Å²) in [6.45, 7) is 0. The second-order valence-corrected chi connectivity index (χ2v) is 8.26. The molecule has 3 rings (SSSR count). The summed E-state index contributed by atoms with van der Waals surface area (Å²) in [6, 6.07) is 13.0. The molecule has 0 saturated heterocycles. The van der Waals surface area contributed by atoms with Gasteiger partial charge in [-0.25, -0.2) is 0 Å². The van der Waals surface area contributed by atoms with E-state index < -0.39 is 22.8 Å². The zero-order valence-electron chi connectivity index (χ0n) is 15.1. The summed E-state index contributed by atoms with van der Waals surface area (Å²) in [5.74, 6) is 0. The molecule has 1 aromatic heterocycles. The fourth-order valence-corrected chi connectivity index (χ4v) is 4.20. The molecule has 0 aliphatic rings. The van der Waals surface area contributed by atoms with Crippen molar-refractivity contribution in [3.05, 3.63) is 70.3 Å². The molecular formula is C20H13Cl2F6NS. The van der Waals surface area contributed by atoms with Gasteiger partial charge in [-0.3, -0.25) is 0 Å². The SMILES string of the molecule is CSC(c1cc(-c2ccc(Cl)cc2)c(-c2ccc(Cl)cc2)[nH]1)(C(F)(F)F)C(F)(F)F. The highest BCUT2D eigenvalue weighted by Gasteiger charge is 2.72. The van der Waals surface area contributed by atoms with Gasteiger partial charge in [-0.15, -0.1) is 11.8 Å². The predicted molar refractivity (Wildman–Crippen MR) is 109 cm³/mol. The number of thioether (sulfide) groups is 1. The third kappa shape index (κ3) is 3.92.